The molecule has 2 atom stereocenters. The Morgan fingerprint density at radius 3 is 1.35 bits per heavy atom. The Hall–Kier alpha value is -2.44. The molecule has 2 aliphatic heterocycles. The second kappa shape index (κ2) is 6.70. The molecule has 0 aromatic heterocycles. The van der Waals surface area contributed by atoms with Gasteiger partial charge in [0.05, 0.1) is 23.2 Å². The summed E-state index contributed by atoms with van der Waals surface area (Å²) in [4.78, 5) is 1.54. The molecule has 2 unspecified atom stereocenters. The zero-order valence-electron chi connectivity index (χ0n) is 14.5. The lowest BCUT2D eigenvalue weighted by molar-refractivity contribution is 0.860. The summed E-state index contributed by atoms with van der Waals surface area (Å²) in [6.45, 7) is 4.03. The first-order valence-electron chi connectivity index (χ1n) is 8.46. The van der Waals surface area contributed by atoms with Gasteiger partial charge in [-0.2, -0.15) is 10.2 Å². The minimum atomic E-state index is -0.0461. The minimum Gasteiger partial charge on any atom is -0.226 e. The third-order valence-corrected chi connectivity index (χ3v) is 5.55. The molecule has 2 aliphatic rings. The summed E-state index contributed by atoms with van der Waals surface area (Å²) in [6, 6.07) is 20.0. The molecule has 0 spiro atoms. The maximum Gasteiger partial charge on any atom is 0.115 e. The molecule has 4 nitrogen and oxygen atoms in total. The van der Waals surface area contributed by atoms with Crippen molar-refractivity contribution < 1.29 is 0 Å². The zero-order valence-corrected chi connectivity index (χ0v) is 16.2. The number of hydrogen-bond acceptors (Lipinski definition) is 4. The number of hydrogen-bond donors (Lipinski definition) is 0. The van der Waals surface area contributed by atoms with E-state index in [1.54, 1.807) is 0 Å². The molecule has 0 aliphatic carbocycles. The van der Waals surface area contributed by atoms with E-state index in [-0.39, 0.29) is 11.8 Å². The fourth-order valence-electron chi connectivity index (χ4n) is 3.44. The Kier molecular flexibility index (Phi) is 4.38. The van der Waals surface area contributed by atoms with E-state index in [2.05, 4.69) is 0 Å². The highest BCUT2D eigenvalue weighted by atomic mass is 32.1. The van der Waals surface area contributed by atoms with Gasteiger partial charge in [0, 0.05) is 11.4 Å². The van der Waals surface area contributed by atoms with Gasteiger partial charge in [0.1, 0.15) is 9.98 Å². The average Bonchev–Trinajstić information content (AvgIpc) is 3.12. The molecule has 2 aromatic rings. The second-order valence-electron chi connectivity index (χ2n) is 6.41. The number of hydrazone groups is 2. The SMILES string of the molecule is CC1=NN(c2ccccc2)C(=S)C1C1C(=S)N(c2ccccc2)N=C1C. The van der Waals surface area contributed by atoms with Crippen LogP contribution >= 0.6 is 24.4 Å². The number of thiocarbonyl (C=S) groups is 2. The van der Waals surface area contributed by atoms with Crippen molar-refractivity contribution in [3.05, 3.63) is 60.7 Å². The number of para-hydroxylation sites is 2. The van der Waals surface area contributed by atoms with Crippen LogP contribution in [0.4, 0.5) is 11.4 Å². The van der Waals surface area contributed by atoms with Crippen LogP contribution in [0.5, 0.6) is 0 Å². The van der Waals surface area contributed by atoms with Crippen LogP contribution < -0.4 is 10.0 Å². The van der Waals surface area contributed by atoms with Crippen molar-refractivity contribution in [3.63, 3.8) is 0 Å². The number of nitrogens with zero attached hydrogens (tertiary/aromatic N) is 4. The lowest BCUT2D eigenvalue weighted by atomic mass is 9.86. The van der Waals surface area contributed by atoms with Gasteiger partial charge in [-0.1, -0.05) is 60.8 Å². The van der Waals surface area contributed by atoms with Crippen molar-refractivity contribution >= 4 is 57.2 Å². The molecule has 0 N–H and O–H groups in total. The summed E-state index contributed by atoms with van der Waals surface area (Å²) in [5, 5.41) is 13.1. The van der Waals surface area contributed by atoms with Gasteiger partial charge in [-0.25, -0.2) is 10.0 Å². The highest BCUT2D eigenvalue weighted by Gasteiger charge is 2.44. The Labute approximate surface area is 163 Å². The van der Waals surface area contributed by atoms with Crippen molar-refractivity contribution in [1.29, 1.82) is 0 Å². The van der Waals surface area contributed by atoms with Crippen LogP contribution in [0.3, 0.4) is 0 Å². The van der Waals surface area contributed by atoms with Crippen molar-refractivity contribution in [2.24, 2.45) is 22.0 Å². The van der Waals surface area contributed by atoms with Gasteiger partial charge in [0.25, 0.3) is 0 Å². The summed E-state index contributed by atoms with van der Waals surface area (Å²) in [7, 11) is 0. The number of anilines is 2. The smallest absolute Gasteiger partial charge is 0.115 e. The lowest BCUT2D eigenvalue weighted by Crippen LogP contribution is -2.38. The van der Waals surface area contributed by atoms with Gasteiger partial charge in [-0.3, -0.25) is 0 Å². The normalized spacial score (nSPS) is 22.7. The van der Waals surface area contributed by atoms with E-state index >= 15 is 0 Å². The summed E-state index contributed by atoms with van der Waals surface area (Å²) < 4.78 is 0. The van der Waals surface area contributed by atoms with Crippen molar-refractivity contribution in [2.75, 3.05) is 10.0 Å². The maximum atomic E-state index is 5.80. The second-order valence-corrected chi connectivity index (χ2v) is 7.25. The first kappa shape index (κ1) is 17.0. The fraction of sp³-hybridized carbons (Fsp3) is 0.200. The maximum absolute atomic E-state index is 5.80. The monoisotopic (exact) mass is 378 g/mol. The Morgan fingerprint density at radius 2 is 1.00 bits per heavy atom. The van der Waals surface area contributed by atoms with Crippen molar-refractivity contribution in [1.82, 2.24) is 0 Å². The van der Waals surface area contributed by atoms with Gasteiger partial charge < -0.3 is 0 Å². The first-order valence-corrected chi connectivity index (χ1v) is 9.28. The summed E-state index contributed by atoms with van der Waals surface area (Å²) in [5.41, 5.74) is 3.88. The molecule has 2 heterocycles. The van der Waals surface area contributed by atoms with Crippen LogP contribution in [-0.4, -0.2) is 21.4 Å². The lowest BCUT2D eigenvalue weighted by Gasteiger charge is -2.23. The molecule has 6 heteroatoms. The molecule has 0 fully saturated rings. The molecular formula is C20H18N4S2. The highest BCUT2D eigenvalue weighted by molar-refractivity contribution is 7.81. The van der Waals surface area contributed by atoms with Gasteiger partial charge >= 0.3 is 0 Å². The van der Waals surface area contributed by atoms with Crippen LogP contribution in [0.2, 0.25) is 0 Å². The van der Waals surface area contributed by atoms with E-state index < -0.39 is 0 Å². The predicted octanol–water partition coefficient (Wildman–Crippen LogP) is 4.67. The molecule has 0 amide bonds. The first-order chi connectivity index (χ1) is 12.6. The van der Waals surface area contributed by atoms with Crippen LogP contribution in [0.15, 0.2) is 70.9 Å². The van der Waals surface area contributed by atoms with E-state index in [1.165, 1.54) is 0 Å². The van der Waals surface area contributed by atoms with Gasteiger partial charge in [-0.15, -0.1) is 0 Å². The molecule has 0 saturated carbocycles. The summed E-state index contributed by atoms with van der Waals surface area (Å²) >= 11 is 11.6. The van der Waals surface area contributed by atoms with Crippen molar-refractivity contribution in [3.8, 4) is 0 Å². The third-order valence-electron chi connectivity index (χ3n) is 4.70. The topological polar surface area (TPSA) is 31.2 Å². The molecule has 130 valence electrons. The largest absolute Gasteiger partial charge is 0.226 e. The Balaban J connectivity index is 1.64. The average molecular weight is 379 g/mol. The highest BCUT2D eigenvalue weighted by Crippen LogP contribution is 2.35. The Morgan fingerprint density at radius 1 is 0.654 bits per heavy atom. The number of rotatable bonds is 3. The Bertz CT molecular complexity index is 844. The fourth-order valence-corrected chi connectivity index (χ4v) is 4.34. The predicted molar refractivity (Wildman–Crippen MR) is 116 cm³/mol. The molecule has 0 bridgehead atoms. The molecule has 2 aromatic carbocycles. The van der Waals surface area contributed by atoms with E-state index in [1.807, 2.05) is 84.5 Å². The summed E-state index contributed by atoms with van der Waals surface area (Å²) in [5.74, 6) is -0.0923. The van der Waals surface area contributed by atoms with Gasteiger partial charge in [0.15, 0.2) is 0 Å². The molecule has 0 saturated heterocycles. The quantitative estimate of drug-likeness (QED) is 0.727. The van der Waals surface area contributed by atoms with E-state index in [0.29, 0.717) is 0 Å². The van der Waals surface area contributed by atoms with Gasteiger partial charge in [-0.05, 0) is 38.1 Å². The third kappa shape index (κ3) is 2.75. The van der Waals surface area contributed by atoms with E-state index in [9.17, 15) is 0 Å². The van der Waals surface area contributed by atoms with Crippen LogP contribution in [0, 0.1) is 11.8 Å². The van der Waals surface area contributed by atoms with E-state index in [4.69, 9.17) is 34.6 Å². The van der Waals surface area contributed by atoms with E-state index in [0.717, 1.165) is 32.8 Å². The molecule has 0 radical (unpaired) electrons. The van der Waals surface area contributed by atoms with Crippen LogP contribution in [-0.2, 0) is 0 Å². The summed E-state index contributed by atoms with van der Waals surface area (Å²) in [6.07, 6.45) is 0. The minimum absolute atomic E-state index is 0.0461. The van der Waals surface area contributed by atoms with Crippen molar-refractivity contribution in [2.45, 2.75) is 13.8 Å². The van der Waals surface area contributed by atoms with Crippen LogP contribution in [0.25, 0.3) is 0 Å². The number of benzene rings is 2. The molecule has 26 heavy (non-hydrogen) atoms. The van der Waals surface area contributed by atoms with Crippen LogP contribution in [0.1, 0.15) is 13.8 Å². The standard InChI is InChI=1S/C20H18N4S2/c1-13-17(19(25)23(21-13)15-9-5-3-6-10-15)18-14(2)22-24(20(18)26)16-11-7-4-8-12-16/h3-12,17-18H,1-2H3. The molecule has 4 rings (SSSR count). The zero-order chi connectivity index (χ0) is 18.3. The molecular weight excluding hydrogens is 360 g/mol. The van der Waals surface area contributed by atoms with Gasteiger partial charge in [0.2, 0.25) is 0 Å².